The van der Waals surface area contributed by atoms with E-state index in [1.807, 2.05) is 18.2 Å². The van der Waals surface area contributed by atoms with Crippen molar-refractivity contribution in [1.29, 1.82) is 0 Å². The fraction of sp³-hybridized carbons (Fsp3) is 0.229. The monoisotopic (exact) mass is 652 g/mol. The maximum Gasteiger partial charge on any atom is 0.301 e. The van der Waals surface area contributed by atoms with Gasteiger partial charge in [-0.15, -0.1) is 10.2 Å². The van der Waals surface area contributed by atoms with Gasteiger partial charge in [-0.05, 0) is 58.5 Å². The summed E-state index contributed by atoms with van der Waals surface area (Å²) in [5, 5.41) is 22.7. The van der Waals surface area contributed by atoms with E-state index in [1.165, 1.54) is 47.5 Å². The largest absolute Gasteiger partial charge is 0.507 e. The number of aliphatic hydroxyl groups is 1. The number of rotatable bonds is 11. The van der Waals surface area contributed by atoms with E-state index >= 15 is 0 Å². The molecule has 3 heterocycles. The Morgan fingerprint density at radius 1 is 1.00 bits per heavy atom. The molecule has 3 aromatic carbocycles. The number of hydrogen-bond donors (Lipinski definition) is 1. The molecule has 0 saturated carbocycles. The Morgan fingerprint density at radius 2 is 1.78 bits per heavy atom. The van der Waals surface area contributed by atoms with E-state index in [2.05, 4.69) is 53.3 Å². The van der Waals surface area contributed by atoms with Crippen molar-refractivity contribution in [2.45, 2.75) is 36.4 Å². The number of benzene rings is 3. The number of carbonyl (C=O) groups is 2. The summed E-state index contributed by atoms with van der Waals surface area (Å²) in [4.78, 5) is 32.6. The maximum atomic E-state index is 13.7. The molecule has 1 atom stereocenters. The van der Waals surface area contributed by atoms with Crippen molar-refractivity contribution in [2.75, 3.05) is 18.6 Å². The quantitative estimate of drug-likeness (QED) is 0.0511. The lowest BCUT2D eigenvalue weighted by atomic mass is 9.95. The minimum Gasteiger partial charge on any atom is -0.507 e. The van der Waals surface area contributed by atoms with E-state index < -0.39 is 17.7 Å². The van der Waals surface area contributed by atoms with Gasteiger partial charge in [-0.3, -0.25) is 19.5 Å². The third-order valence-corrected chi connectivity index (χ3v) is 9.79. The highest BCUT2D eigenvalue weighted by Crippen LogP contribution is 2.45. The van der Waals surface area contributed by atoms with Gasteiger partial charge in [0.2, 0.25) is 5.13 Å². The number of nitrogens with zero attached hydrogens (tertiary/aromatic N) is 4. The van der Waals surface area contributed by atoms with E-state index in [-0.39, 0.29) is 16.5 Å². The summed E-state index contributed by atoms with van der Waals surface area (Å²) in [5.41, 5.74) is 2.00. The summed E-state index contributed by atoms with van der Waals surface area (Å²) >= 11 is 2.72. The zero-order valence-electron chi connectivity index (χ0n) is 25.5. The van der Waals surface area contributed by atoms with Crippen LogP contribution in [0.15, 0.2) is 95.1 Å². The number of ether oxygens (including phenoxy) is 2. The lowest BCUT2D eigenvalue weighted by Gasteiger charge is -2.23. The van der Waals surface area contributed by atoms with Gasteiger partial charge in [0, 0.05) is 23.7 Å². The van der Waals surface area contributed by atoms with Gasteiger partial charge < -0.3 is 14.6 Å². The van der Waals surface area contributed by atoms with Crippen LogP contribution in [0.2, 0.25) is 0 Å². The highest BCUT2D eigenvalue weighted by atomic mass is 32.2. The summed E-state index contributed by atoms with van der Waals surface area (Å²) in [6.45, 7) is 4.75. The zero-order chi connectivity index (χ0) is 32.2. The Morgan fingerprint density at radius 3 is 2.57 bits per heavy atom. The molecule has 0 radical (unpaired) electrons. The molecule has 234 valence electrons. The van der Waals surface area contributed by atoms with E-state index in [1.54, 1.807) is 30.3 Å². The van der Waals surface area contributed by atoms with Gasteiger partial charge in [-0.25, -0.2) is 0 Å². The molecule has 1 unspecified atom stereocenters. The molecule has 1 aliphatic heterocycles. The topological polar surface area (TPSA) is 115 Å². The molecule has 1 saturated heterocycles. The van der Waals surface area contributed by atoms with Crippen LogP contribution in [0.25, 0.3) is 16.5 Å². The molecule has 5 aromatic rings. The van der Waals surface area contributed by atoms with Crippen LogP contribution in [0.4, 0.5) is 5.13 Å². The lowest BCUT2D eigenvalue weighted by Crippen LogP contribution is -2.29. The first-order valence-corrected chi connectivity index (χ1v) is 16.6. The normalized spacial score (nSPS) is 16.0. The smallest absolute Gasteiger partial charge is 0.301 e. The number of ketones is 1. The number of anilines is 1. The minimum absolute atomic E-state index is 0.0631. The average molecular weight is 653 g/mol. The standard InChI is InChI=1S/C35H32N4O5S2/c1-21(2)15-18-44-27-12-11-24(19-28(27)43-3)30-29(31(40)23-13-16-36-17-14-23)32(41)33(42)39(30)34-37-38-35(46-34)45-20-25-9-6-8-22-7-4-5-10-26(22)25/h4-14,16-17,19,21,30,40H,15,18,20H2,1-3H3. The number of aliphatic hydroxyl groups excluding tert-OH is 1. The first-order chi connectivity index (χ1) is 22.4. The van der Waals surface area contributed by atoms with Crippen LogP contribution in [0, 0.1) is 5.92 Å². The summed E-state index contributed by atoms with van der Waals surface area (Å²) in [7, 11) is 1.53. The Labute approximate surface area is 274 Å². The van der Waals surface area contributed by atoms with Crippen LogP contribution >= 0.6 is 23.1 Å². The van der Waals surface area contributed by atoms with Crippen LogP contribution in [0.5, 0.6) is 11.5 Å². The average Bonchev–Trinajstić information content (AvgIpc) is 3.65. The molecule has 1 amide bonds. The number of aromatic nitrogens is 3. The predicted molar refractivity (Wildman–Crippen MR) is 180 cm³/mol. The molecule has 0 aliphatic carbocycles. The van der Waals surface area contributed by atoms with Gasteiger partial charge in [0.25, 0.3) is 5.78 Å². The summed E-state index contributed by atoms with van der Waals surface area (Å²) in [6.07, 6.45) is 3.89. The van der Waals surface area contributed by atoms with E-state index in [0.29, 0.717) is 45.2 Å². The van der Waals surface area contributed by atoms with Crippen molar-refractivity contribution in [3.05, 3.63) is 107 Å². The number of pyridine rings is 1. The van der Waals surface area contributed by atoms with Crippen molar-refractivity contribution in [3.8, 4) is 11.5 Å². The van der Waals surface area contributed by atoms with Crippen LogP contribution in [0.1, 0.15) is 43.0 Å². The zero-order valence-corrected chi connectivity index (χ0v) is 27.2. The number of carbonyl (C=O) groups excluding carboxylic acids is 2. The van der Waals surface area contributed by atoms with Gasteiger partial charge in [0.05, 0.1) is 25.3 Å². The van der Waals surface area contributed by atoms with Crippen molar-refractivity contribution in [1.82, 2.24) is 15.2 Å². The number of fused-ring (bicyclic) bond motifs is 1. The van der Waals surface area contributed by atoms with Crippen LogP contribution in [0.3, 0.4) is 0 Å². The van der Waals surface area contributed by atoms with Crippen LogP contribution < -0.4 is 14.4 Å². The Hall–Kier alpha value is -4.74. The molecular weight excluding hydrogens is 621 g/mol. The molecular formula is C35H32N4O5S2. The first-order valence-electron chi connectivity index (χ1n) is 14.8. The number of Topliss-reactive ketones (excluding diaryl/α,β-unsaturated/α-hetero) is 1. The number of thioether (sulfide) groups is 1. The molecule has 11 heteroatoms. The SMILES string of the molecule is COc1cc(C2C(=C(O)c3ccncc3)C(=O)C(=O)N2c2nnc(SCc3cccc4ccccc34)s2)ccc1OCCC(C)C. The molecule has 1 aliphatic rings. The highest BCUT2D eigenvalue weighted by Gasteiger charge is 2.48. The molecule has 1 N–H and O–H groups in total. The maximum absolute atomic E-state index is 13.7. The molecule has 0 bridgehead atoms. The molecule has 6 rings (SSSR count). The van der Waals surface area contributed by atoms with Crippen LogP contribution in [-0.4, -0.2) is 45.7 Å². The molecule has 2 aromatic heterocycles. The highest BCUT2D eigenvalue weighted by molar-refractivity contribution is 8.00. The fourth-order valence-corrected chi connectivity index (χ4v) is 7.18. The van der Waals surface area contributed by atoms with Crippen LogP contribution in [-0.2, 0) is 15.3 Å². The van der Waals surface area contributed by atoms with E-state index in [9.17, 15) is 14.7 Å². The Balaban J connectivity index is 1.36. The third-order valence-electron chi connectivity index (χ3n) is 7.69. The fourth-order valence-electron chi connectivity index (χ4n) is 5.30. The van der Waals surface area contributed by atoms with Crippen molar-refractivity contribution in [2.24, 2.45) is 5.92 Å². The lowest BCUT2D eigenvalue weighted by molar-refractivity contribution is -0.132. The second-order valence-corrected chi connectivity index (χ2v) is 13.3. The Bertz CT molecular complexity index is 1920. The summed E-state index contributed by atoms with van der Waals surface area (Å²) in [5.74, 6) is 0.171. The predicted octanol–water partition coefficient (Wildman–Crippen LogP) is 7.44. The van der Waals surface area contributed by atoms with Crippen molar-refractivity contribution >= 4 is 56.5 Å². The number of methoxy groups -OCH3 is 1. The molecule has 46 heavy (non-hydrogen) atoms. The first kappa shape index (κ1) is 31.3. The summed E-state index contributed by atoms with van der Waals surface area (Å²) < 4.78 is 12.3. The molecule has 0 spiro atoms. The van der Waals surface area contributed by atoms with Gasteiger partial charge in [-0.1, -0.05) is 85.5 Å². The Kier molecular flexibility index (Phi) is 9.32. The molecule has 1 fully saturated rings. The van der Waals surface area contributed by atoms with Gasteiger partial charge >= 0.3 is 5.91 Å². The third kappa shape index (κ3) is 6.33. The number of hydrogen-bond acceptors (Lipinski definition) is 10. The number of amides is 1. The van der Waals surface area contributed by atoms with Crippen molar-refractivity contribution < 1.29 is 24.2 Å². The van der Waals surface area contributed by atoms with Crippen molar-refractivity contribution in [3.63, 3.8) is 0 Å². The van der Waals surface area contributed by atoms with Gasteiger partial charge in [-0.2, -0.15) is 0 Å². The van der Waals surface area contributed by atoms with E-state index in [0.717, 1.165) is 22.8 Å². The minimum atomic E-state index is -0.990. The second kappa shape index (κ2) is 13.7. The second-order valence-electron chi connectivity index (χ2n) is 11.1. The molecule has 9 nitrogen and oxygen atoms in total. The van der Waals surface area contributed by atoms with E-state index in [4.69, 9.17) is 9.47 Å². The van der Waals surface area contributed by atoms with Gasteiger partial charge in [0.1, 0.15) is 5.76 Å². The summed E-state index contributed by atoms with van der Waals surface area (Å²) in [6, 6.07) is 21.8. The van der Waals surface area contributed by atoms with Gasteiger partial charge in [0.15, 0.2) is 15.8 Å².